The molecular formula is C44H64O12. The number of fused-ring (bicyclic) bond motifs is 4. The quantitative estimate of drug-likeness (QED) is 0.337. The van der Waals surface area contributed by atoms with Gasteiger partial charge >= 0.3 is 11.9 Å². The Morgan fingerprint density at radius 3 is 1.29 bits per heavy atom. The van der Waals surface area contributed by atoms with Crippen molar-refractivity contribution in [1.29, 1.82) is 0 Å². The first kappa shape index (κ1) is 41.4. The molecule has 8 rings (SSSR count). The minimum atomic E-state index is -1.09. The first-order valence-corrected chi connectivity index (χ1v) is 20.8. The molecule has 0 radical (unpaired) electrons. The van der Waals surface area contributed by atoms with Crippen LogP contribution >= 0.6 is 0 Å². The molecule has 4 saturated carbocycles. The molecule has 0 aromatic rings. The molecule has 12 heteroatoms. The number of aliphatic hydroxyl groups is 2. The Balaban J connectivity index is 0.000000172. The lowest BCUT2D eigenvalue weighted by Crippen LogP contribution is -2.72. The van der Waals surface area contributed by atoms with Crippen molar-refractivity contribution in [1.82, 2.24) is 0 Å². The topological polar surface area (TPSA) is 164 Å². The van der Waals surface area contributed by atoms with Crippen molar-refractivity contribution >= 4 is 23.5 Å². The molecule has 4 spiro atoms. The Hall–Kier alpha value is -2.80. The van der Waals surface area contributed by atoms with E-state index in [2.05, 4.69) is 13.8 Å². The average Bonchev–Trinajstić information content (AvgIpc) is 3.94. The van der Waals surface area contributed by atoms with E-state index in [9.17, 15) is 29.4 Å². The molecule has 8 aliphatic rings. The van der Waals surface area contributed by atoms with Crippen molar-refractivity contribution in [2.45, 2.75) is 167 Å². The first-order valence-electron chi connectivity index (χ1n) is 20.8. The van der Waals surface area contributed by atoms with E-state index in [1.165, 1.54) is 13.8 Å². The van der Waals surface area contributed by atoms with Crippen LogP contribution in [-0.4, -0.2) is 93.8 Å². The molecular weight excluding hydrogens is 720 g/mol. The molecule has 2 saturated heterocycles. The van der Waals surface area contributed by atoms with Crippen LogP contribution in [0, 0.1) is 45.3 Å². The lowest BCUT2D eigenvalue weighted by atomic mass is 9.42. The number of Topliss-reactive ketones (excluding diaryl/α,β-unsaturated/α-hetero) is 2. The Morgan fingerprint density at radius 2 is 0.982 bits per heavy atom. The summed E-state index contributed by atoms with van der Waals surface area (Å²) in [7, 11) is 0. The highest BCUT2D eigenvalue weighted by Crippen LogP contribution is 2.69. The van der Waals surface area contributed by atoms with E-state index in [1.54, 1.807) is 12.5 Å². The largest absolute Gasteiger partial charge is 0.498 e. The summed E-state index contributed by atoms with van der Waals surface area (Å²) in [6.45, 7) is 19.9. The third-order valence-electron chi connectivity index (χ3n) is 16.7. The van der Waals surface area contributed by atoms with Gasteiger partial charge in [0.25, 0.3) is 0 Å². The summed E-state index contributed by atoms with van der Waals surface area (Å²) in [6.07, 6.45) is 10.4. The standard InChI is InChI=1S/2C22H32O6/c2*1-13-16(24)17(25)18-19(3,4)15(27-14(2)23)6-7-20(18,5)22(13)9-8-21(28-22)10-11-26-12-21/h2*10-11,13,15,17-18,25H,6-9,12H2,1-5H3/t2*13-,15-,17-,18+,20+,21-,22-/m11/s1. The maximum Gasteiger partial charge on any atom is 0.302 e. The molecule has 2 N–H and O–H groups in total. The van der Waals surface area contributed by atoms with Crippen LogP contribution in [0.15, 0.2) is 24.7 Å². The fourth-order valence-corrected chi connectivity index (χ4v) is 13.9. The van der Waals surface area contributed by atoms with Gasteiger partial charge in [-0.3, -0.25) is 19.2 Å². The molecule has 4 aliphatic carbocycles. The molecule has 4 heterocycles. The van der Waals surface area contributed by atoms with Gasteiger partial charge in [-0.25, -0.2) is 0 Å². The lowest BCUT2D eigenvalue weighted by molar-refractivity contribution is -0.268. The van der Waals surface area contributed by atoms with Gasteiger partial charge in [0.1, 0.15) is 48.8 Å². The molecule has 312 valence electrons. The molecule has 12 nitrogen and oxygen atoms in total. The van der Waals surface area contributed by atoms with Crippen LogP contribution in [0.5, 0.6) is 0 Å². The summed E-state index contributed by atoms with van der Waals surface area (Å²) in [5.74, 6) is -2.52. The Morgan fingerprint density at radius 1 is 0.625 bits per heavy atom. The van der Waals surface area contributed by atoms with Crippen LogP contribution < -0.4 is 0 Å². The molecule has 4 aliphatic heterocycles. The second kappa shape index (κ2) is 13.4. The fraction of sp³-hybridized carbons (Fsp3) is 0.818. The lowest BCUT2D eigenvalue weighted by Gasteiger charge is -2.65. The van der Waals surface area contributed by atoms with Gasteiger partial charge in [-0.15, -0.1) is 0 Å². The van der Waals surface area contributed by atoms with E-state index in [1.807, 2.05) is 53.7 Å². The van der Waals surface area contributed by atoms with E-state index in [-0.39, 0.29) is 47.5 Å². The zero-order chi connectivity index (χ0) is 41.1. The zero-order valence-electron chi connectivity index (χ0n) is 35.0. The van der Waals surface area contributed by atoms with Crippen LogP contribution in [0.1, 0.15) is 121 Å². The summed E-state index contributed by atoms with van der Waals surface area (Å²) in [5, 5.41) is 22.2. The van der Waals surface area contributed by atoms with Crippen molar-refractivity contribution in [2.24, 2.45) is 45.3 Å². The molecule has 6 fully saturated rings. The van der Waals surface area contributed by atoms with Crippen LogP contribution in [-0.2, 0) is 47.6 Å². The average molecular weight is 785 g/mol. The van der Waals surface area contributed by atoms with E-state index in [0.717, 1.165) is 38.5 Å². The number of ketones is 2. The number of carbonyl (C=O) groups is 4. The smallest absolute Gasteiger partial charge is 0.302 e. The van der Waals surface area contributed by atoms with Gasteiger partial charge in [-0.1, -0.05) is 55.4 Å². The second-order valence-corrected chi connectivity index (χ2v) is 20.2. The third kappa shape index (κ3) is 5.64. The van der Waals surface area contributed by atoms with Crippen LogP contribution in [0.3, 0.4) is 0 Å². The van der Waals surface area contributed by atoms with E-state index in [4.69, 9.17) is 28.4 Å². The Kier molecular flexibility index (Phi) is 9.87. The Bertz CT molecular complexity index is 1580. The molecule has 0 aromatic heterocycles. The number of hydrogen-bond acceptors (Lipinski definition) is 12. The van der Waals surface area contributed by atoms with E-state index in [0.29, 0.717) is 26.1 Å². The summed E-state index contributed by atoms with van der Waals surface area (Å²) < 4.78 is 35.8. The van der Waals surface area contributed by atoms with Gasteiger partial charge in [0.05, 0.1) is 23.7 Å². The number of aliphatic hydroxyl groups excluding tert-OH is 2. The molecule has 0 unspecified atom stereocenters. The highest BCUT2D eigenvalue weighted by molar-refractivity contribution is 5.89. The maximum absolute atomic E-state index is 13.2. The van der Waals surface area contributed by atoms with Gasteiger partial charge < -0.3 is 38.6 Å². The van der Waals surface area contributed by atoms with E-state index < -0.39 is 68.1 Å². The van der Waals surface area contributed by atoms with Crippen molar-refractivity contribution in [2.75, 3.05) is 13.2 Å². The van der Waals surface area contributed by atoms with Gasteiger partial charge in [0.2, 0.25) is 0 Å². The fourth-order valence-electron chi connectivity index (χ4n) is 13.9. The highest BCUT2D eigenvalue weighted by Gasteiger charge is 2.75. The minimum Gasteiger partial charge on any atom is -0.498 e. The van der Waals surface area contributed by atoms with Crippen molar-refractivity contribution < 1.29 is 57.8 Å². The molecule has 56 heavy (non-hydrogen) atoms. The first-order chi connectivity index (χ1) is 26.0. The molecule has 0 aromatic carbocycles. The number of hydrogen-bond donors (Lipinski definition) is 2. The minimum absolute atomic E-state index is 0.168. The molecule has 0 bridgehead atoms. The predicted molar refractivity (Wildman–Crippen MR) is 202 cm³/mol. The zero-order valence-corrected chi connectivity index (χ0v) is 35.0. The Labute approximate surface area is 331 Å². The number of esters is 2. The van der Waals surface area contributed by atoms with Crippen LogP contribution in [0.25, 0.3) is 0 Å². The highest BCUT2D eigenvalue weighted by atomic mass is 16.6. The summed E-state index contributed by atoms with van der Waals surface area (Å²) in [6, 6.07) is 0. The van der Waals surface area contributed by atoms with E-state index >= 15 is 0 Å². The maximum atomic E-state index is 13.2. The van der Waals surface area contributed by atoms with Crippen LogP contribution in [0.4, 0.5) is 0 Å². The van der Waals surface area contributed by atoms with Gasteiger partial charge in [0, 0.05) is 59.2 Å². The third-order valence-corrected chi connectivity index (χ3v) is 16.7. The number of ether oxygens (including phenoxy) is 6. The van der Waals surface area contributed by atoms with Gasteiger partial charge in [-0.05, 0) is 63.5 Å². The summed E-state index contributed by atoms with van der Waals surface area (Å²) in [4.78, 5) is 49.8. The monoisotopic (exact) mass is 784 g/mol. The van der Waals surface area contributed by atoms with Gasteiger partial charge in [0.15, 0.2) is 11.6 Å². The predicted octanol–water partition coefficient (Wildman–Crippen LogP) is 5.54. The summed E-state index contributed by atoms with van der Waals surface area (Å²) >= 11 is 0. The molecule has 14 atom stereocenters. The van der Waals surface area contributed by atoms with Gasteiger partial charge in [-0.2, -0.15) is 0 Å². The number of carbonyl (C=O) groups excluding carboxylic acids is 4. The normalized spacial score (nSPS) is 49.3. The molecule has 0 amide bonds. The SMILES string of the molecule is CC(=O)O[C@@H]1CC[C@@]2(C)[C@@H]([C@H](O)C(=O)[C@@H](C)[C@]23CC[C@]2(C=COC2)O3)C1(C)C.CC(=O)O[C@@H]1CC[C@@]2(C)[C@@H]([C@H](O)C(=O)[C@@H](C)[C@]23CC[C@]2(C=COC2)O3)C1(C)C. The number of rotatable bonds is 2. The van der Waals surface area contributed by atoms with Crippen molar-refractivity contribution in [3.63, 3.8) is 0 Å². The van der Waals surface area contributed by atoms with Crippen molar-refractivity contribution in [3.05, 3.63) is 24.7 Å². The summed E-state index contributed by atoms with van der Waals surface area (Å²) in [5.41, 5.74) is -4.23. The van der Waals surface area contributed by atoms with Crippen molar-refractivity contribution in [3.8, 4) is 0 Å². The second-order valence-electron chi connectivity index (χ2n) is 20.2. The van der Waals surface area contributed by atoms with Crippen LogP contribution in [0.2, 0.25) is 0 Å².